The Morgan fingerprint density at radius 3 is 2.67 bits per heavy atom. The molecule has 0 spiro atoms. The molecule has 114 valence electrons. The second-order valence-corrected chi connectivity index (χ2v) is 5.60. The van der Waals surface area contributed by atoms with Crippen LogP contribution in [0.15, 0.2) is 14.9 Å². The van der Waals surface area contributed by atoms with Gasteiger partial charge in [-0.1, -0.05) is 0 Å². The smallest absolute Gasteiger partial charge is 0.216 e. The van der Waals surface area contributed by atoms with Gasteiger partial charge >= 0.3 is 0 Å². The van der Waals surface area contributed by atoms with E-state index in [9.17, 15) is 0 Å². The van der Waals surface area contributed by atoms with Gasteiger partial charge in [0.05, 0.1) is 23.4 Å². The summed E-state index contributed by atoms with van der Waals surface area (Å²) in [5, 5.41) is 6.51. The zero-order valence-electron chi connectivity index (χ0n) is 12.9. The first kappa shape index (κ1) is 15.5. The summed E-state index contributed by atoms with van der Waals surface area (Å²) in [5.74, 6) is 2.23. The van der Waals surface area contributed by atoms with Crippen LogP contribution in [0.2, 0.25) is 0 Å². The van der Waals surface area contributed by atoms with Crippen LogP contribution in [0.1, 0.15) is 34.8 Å². The van der Waals surface area contributed by atoms with E-state index in [1.807, 2.05) is 33.2 Å². The number of aromatic nitrogens is 2. The van der Waals surface area contributed by atoms with Crippen molar-refractivity contribution >= 4 is 17.3 Å². The number of aryl methyl sites for hydroxylation is 3. The molecule has 2 heterocycles. The summed E-state index contributed by atoms with van der Waals surface area (Å²) in [5.41, 5.74) is 3.83. The van der Waals surface area contributed by atoms with Gasteiger partial charge in [-0.15, -0.1) is 11.3 Å². The molecule has 0 fully saturated rings. The average molecular weight is 307 g/mol. The van der Waals surface area contributed by atoms with Crippen LogP contribution >= 0.6 is 11.3 Å². The van der Waals surface area contributed by atoms with Crippen LogP contribution in [-0.4, -0.2) is 22.5 Å². The maximum Gasteiger partial charge on any atom is 0.216 e. The Balaban J connectivity index is 1.97. The molecule has 0 atom stereocenters. The third-order valence-corrected chi connectivity index (χ3v) is 3.99. The number of nitrogens with zero attached hydrogens (tertiary/aromatic N) is 3. The molecule has 0 aliphatic rings. The van der Waals surface area contributed by atoms with Gasteiger partial charge in [0.1, 0.15) is 12.3 Å². The van der Waals surface area contributed by atoms with Gasteiger partial charge in [0.25, 0.3) is 0 Å². The molecule has 6 nitrogen and oxygen atoms in total. The van der Waals surface area contributed by atoms with Gasteiger partial charge in [-0.05, 0) is 27.7 Å². The monoisotopic (exact) mass is 307 g/mol. The number of thiazole rings is 1. The zero-order valence-corrected chi connectivity index (χ0v) is 13.7. The minimum Gasteiger partial charge on any atom is -0.444 e. The second kappa shape index (κ2) is 7.21. The van der Waals surface area contributed by atoms with Gasteiger partial charge < -0.3 is 15.1 Å². The third kappa shape index (κ3) is 4.29. The van der Waals surface area contributed by atoms with Crippen molar-refractivity contribution in [2.75, 3.05) is 6.54 Å². The molecule has 2 rings (SSSR count). The van der Waals surface area contributed by atoms with E-state index in [1.165, 1.54) is 4.88 Å². The van der Waals surface area contributed by atoms with Crippen LogP contribution in [0.25, 0.3) is 0 Å². The van der Waals surface area contributed by atoms with E-state index >= 15 is 0 Å². The molecule has 0 aliphatic carbocycles. The van der Waals surface area contributed by atoms with Gasteiger partial charge in [0.2, 0.25) is 5.89 Å². The van der Waals surface area contributed by atoms with Crippen molar-refractivity contribution in [3.8, 4) is 0 Å². The highest BCUT2D eigenvalue weighted by Crippen LogP contribution is 2.11. The summed E-state index contributed by atoms with van der Waals surface area (Å²) in [7, 11) is 0. The minimum atomic E-state index is 0.422. The molecule has 2 N–H and O–H groups in total. The molecule has 2 aromatic heterocycles. The fourth-order valence-electron chi connectivity index (χ4n) is 1.76. The molecule has 0 saturated carbocycles. The molecule has 21 heavy (non-hydrogen) atoms. The predicted octanol–water partition coefficient (Wildman–Crippen LogP) is 2.31. The number of rotatable bonds is 5. The molecule has 0 aliphatic heterocycles. The first-order chi connectivity index (χ1) is 10.1. The Bertz CT molecular complexity index is 597. The Morgan fingerprint density at radius 1 is 1.29 bits per heavy atom. The lowest BCUT2D eigenvalue weighted by atomic mass is 10.4. The number of nitrogens with one attached hydrogen (secondary N) is 2. The second-order valence-electron chi connectivity index (χ2n) is 4.66. The van der Waals surface area contributed by atoms with Crippen LogP contribution in [0.3, 0.4) is 0 Å². The van der Waals surface area contributed by atoms with Crippen molar-refractivity contribution in [2.24, 2.45) is 4.99 Å². The normalized spacial score (nSPS) is 11.7. The summed E-state index contributed by atoms with van der Waals surface area (Å²) in [6.07, 6.45) is 0. The Labute approximate surface area is 128 Å². The quantitative estimate of drug-likeness (QED) is 0.655. The van der Waals surface area contributed by atoms with Gasteiger partial charge in [-0.2, -0.15) is 0 Å². The van der Waals surface area contributed by atoms with Gasteiger partial charge in [-0.25, -0.2) is 15.0 Å². The van der Waals surface area contributed by atoms with Gasteiger partial charge in [0, 0.05) is 11.4 Å². The molecule has 0 amide bonds. The predicted molar refractivity (Wildman–Crippen MR) is 84.5 cm³/mol. The molecule has 0 aromatic carbocycles. The standard InChI is InChI=1S/C14H21N5OS/c1-5-15-14(16-6-12-10(3)18-8-21-12)17-7-13-19-9(2)11(4)20-13/h8H,5-7H2,1-4H3,(H2,15,16,17). The summed E-state index contributed by atoms with van der Waals surface area (Å²) in [4.78, 5) is 14.3. The minimum absolute atomic E-state index is 0.422. The van der Waals surface area contributed by atoms with Crippen molar-refractivity contribution < 1.29 is 4.42 Å². The van der Waals surface area contributed by atoms with Crippen LogP contribution < -0.4 is 10.6 Å². The molecule has 0 bridgehead atoms. The van der Waals surface area contributed by atoms with Crippen molar-refractivity contribution in [1.29, 1.82) is 0 Å². The number of hydrogen-bond acceptors (Lipinski definition) is 5. The van der Waals surface area contributed by atoms with Gasteiger partial charge in [0.15, 0.2) is 5.96 Å². The van der Waals surface area contributed by atoms with Crippen molar-refractivity contribution in [1.82, 2.24) is 20.6 Å². The first-order valence-corrected chi connectivity index (χ1v) is 7.82. The van der Waals surface area contributed by atoms with Crippen LogP contribution in [0.5, 0.6) is 0 Å². The lowest BCUT2D eigenvalue weighted by Gasteiger charge is -2.10. The van der Waals surface area contributed by atoms with E-state index < -0.39 is 0 Å². The van der Waals surface area contributed by atoms with Crippen molar-refractivity contribution in [2.45, 2.75) is 40.8 Å². The Morgan fingerprint density at radius 2 is 2.10 bits per heavy atom. The van der Waals surface area contributed by atoms with Crippen LogP contribution in [0, 0.1) is 20.8 Å². The summed E-state index contributed by atoms with van der Waals surface area (Å²) in [6.45, 7) is 9.83. The number of aliphatic imine (C=N–C) groups is 1. The summed E-state index contributed by atoms with van der Waals surface area (Å²) in [6, 6.07) is 0. The van der Waals surface area contributed by atoms with Crippen LogP contribution in [-0.2, 0) is 13.1 Å². The van der Waals surface area contributed by atoms with E-state index in [2.05, 4.69) is 25.6 Å². The Hall–Kier alpha value is -1.89. The van der Waals surface area contributed by atoms with Crippen molar-refractivity contribution in [3.63, 3.8) is 0 Å². The number of oxazole rings is 1. The molecular formula is C14H21N5OS. The average Bonchev–Trinajstić information content (AvgIpc) is 3.00. The molecule has 7 heteroatoms. The highest BCUT2D eigenvalue weighted by atomic mass is 32.1. The fraction of sp³-hybridized carbons (Fsp3) is 0.500. The highest BCUT2D eigenvalue weighted by Gasteiger charge is 2.06. The summed E-state index contributed by atoms with van der Waals surface area (Å²) < 4.78 is 5.53. The highest BCUT2D eigenvalue weighted by molar-refractivity contribution is 7.09. The SMILES string of the molecule is CCNC(=NCc1nc(C)c(C)o1)NCc1scnc1C. The molecule has 0 saturated heterocycles. The lowest BCUT2D eigenvalue weighted by molar-refractivity contribution is 0.473. The molecule has 0 unspecified atom stereocenters. The Kier molecular flexibility index (Phi) is 5.32. The van der Waals surface area contributed by atoms with E-state index in [1.54, 1.807) is 11.3 Å². The lowest BCUT2D eigenvalue weighted by Crippen LogP contribution is -2.36. The largest absolute Gasteiger partial charge is 0.444 e. The zero-order chi connectivity index (χ0) is 15.2. The fourth-order valence-corrected chi connectivity index (χ4v) is 2.47. The topological polar surface area (TPSA) is 75.3 Å². The third-order valence-electron chi connectivity index (χ3n) is 3.05. The maximum absolute atomic E-state index is 5.53. The number of guanidine groups is 1. The van der Waals surface area contributed by atoms with Crippen LogP contribution in [0.4, 0.5) is 0 Å². The summed E-state index contributed by atoms with van der Waals surface area (Å²) >= 11 is 1.64. The molecule has 0 radical (unpaired) electrons. The number of hydrogen-bond donors (Lipinski definition) is 2. The van der Waals surface area contributed by atoms with E-state index in [4.69, 9.17) is 4.42 Å². The molecular weight excluding hydrogens is 286 g/mol. The van der Waals surface area contributed by atoms with E-state index in [-0.39, 0.29) is 0 Å². The van der Waals surface area contributed by atoms with E-state index in [0.717, 1.165) is 29.7 Å². The van der Waals surface area contributed by atoms with Gasteiger partial charge in [-0.3, -0.25) is 0 Å². The first-order valence-electron chi connectivity index (χ1n) is 6.94. The van der Waals surface area contributed by atoms with Crippen molar-refractivity contribution in [3.05, 3.63) is 33.4 Å². The maximum atomic E-state index is 5.53. The molecule has 2 aromatic rings. The van der Waals surface area contributed by atoms with E-state index in [0.29, 0.717) is 19.0 Å².